The molecule has 0 atom stereocenters. The van der Waals surface area contributed by atoms with Gasteiger partial charge in [0.15, 0.2) is 0 Å². The second-order valence-electron chi connectivity index (χ2n) is 14.1. The quantitative estimate of drug-likeness (QED) is 0.156. The van der Waals surface area contributed by atoms with Crippen LogP contribution in [0.3, 0.4) is 0 Å². The Morgan fingerprint density at radius 2 is 0.696 bits per heavy atom. The van der Waals surface area contributed by atoms with Gasteiger partial charge in [-0.15, -0.1) is 0 Å². The molecule has 264 valence electrons. The third-order valence-electron chi connectivity index (χ3n) is 10.7. The minimum absolute atomic E-state index is 0.876. The molecule has 9 aromatic carbocycles. The van der Waals surface area contributed by atoms with Crippen LogP contribution in [0.5, 0.6) is 0 Å². The Morgan fingerprint density at radius 3 is 1.36 bits per heavy atom. The predicted octanol–water partition coefficient (Wildman–Crippen LogP) is 15.4. The van der Waals surface area contributed by atoms with Crippen LogP contribution in [-0.2, 0) is 0 Å². The van der Waals surface area contributed by atoms with Crippen molar-refractivity contribution in [2.75, 3.05) is 4.90 Å². The summed E-state index contributed by atoms with van der Waals surface area (Å²) in [5.74, 6) is 0. The van der Waals surface area contributed by atoms with Crippen molar-refractivity contribution in [1.82, 2.24) is 0 Å². The zero-order chi connectivity index (χ0) is 37.3. The van der Waals surface area contributed by atoms with Crippen LogP contribution < -0.4 is 4.90 Å². The Labute approximate surface area is 327 Å². The molecule has 10 aromatic rings. The molecule has 0 spiro atoms. The Morgan fingerprint density at radius 1 is 0.268 bits per heavy atom. The fourth-order valence-corrected chi connectivity index (χ4v) is 8.01. The first kappa shape index (κ1) is 33.2. The summed E-state index contributed by atoms with van der Waals surface area (Å²) in [6.45, 7) is 0. The summed E-state index contributed by atoms with van der Waals surface area (Å²) < 4.78 is 6.28. The molecule has 0 unspecified atom stereocenters. The molecular formula is C54H37NO. The highest BCUT2D eigenvalue weighted by Gasteiger charge is 2.21. The first-order chi connectivity index (χ1) is 27.8. The van der Waals surface area contributed by atoms with Gasteiger partial charge >= 0.3 is 0 Å². The van der Waals surface area contributed by atoms with Crippen LogP contribution in [-0.4, -0.2) is 0 Å². The number of hydrogen-bond donors (Lipinski definition) is 0. The molecule has 1 heterocycles. The van der Waals surface area contributed by atoms with E-state index in [0.717, 1.165) is 50.1 Å². The SMILES string of the molecule is c1ccc(-c2ccc(-c3ccccc3-c3ccccc3-c3ccccc3N(c3ccc(-c4ccccc4)cc3)c3ccc4oc5ccccc5c4c3)cc2)cc1. The number of rotatable bonds is 8. The molecule has 0 saturated carbocycles. The summed E-state index contributed by atoms with van der Waals surface area (Å²) in [6.07, 6.45) is 0. The van der Waals surface area contributed by atoms with Crippen LogP contribution in [0, 0.1) is 0 Å². The molecule has 0 aliphatic carbocycles. The van der Waals surface area contributed by atoms with Gasteiger partial charge in [-0.3, -0.25) is 0 Å². The molecule has 1 aromatic heterocycles. The van der Waals surface area contributed by atoms with Crippen molar-refractivity contribution in [3.63, 3.8) is 0 Å². The van der Waals surface area contributed by atoms with Gasteiger partial charge in [0.1, 0.15) is 11.2 Å². The number of furan rings is 1. The highest BCUT2D eigenvalue weighted by molar-refractivity contribution is 6.07. The van der Waals surface area contributed by atoms with E-state index in [1.165, 1.54) is 44.5 Å². The lowest BCUT2D eigenvalue weighted by molar-refractivity contribution is 0.669. The van der Waals surface area contributed by atoms with Gasteiger partial charge < -0.3 is 9.32 Å². The molecular weight excluding hydrogens is 679 g/mol. The van der Waals surface area contributed by atoms with E-state index >= 15 is 0 Å². The molecule has 0 aliphatic heterocycles. The van der Waals surface area contributed by atoms with Crippen molar-refractivity contribution in [3.8, 4) is 55.6 Å². The second kappa shape index (κ2) is 14.4. The summed E-state index contributed by atoms with van der Waals surface area (Å²) in [4.78, 5) is 2.39. The number of anilines is 3. The molecule has 10 rings (SSSR count). The number of fused-ring (bicyclic) bond motifs is 3. The van der Waals surface area contributed by atoms with E-state index in [2.05, 4.69) is 217 Å². The largest absolute Gasteiger partial charge is 0.456 e. The van der Waals surface area contributed by atoms with E-state index in [-0.39, 0.29) is 0 Å². The van der Waals surface area contributed by atoms with Crippen molar-refractivity contribution >= 4 is 39.0 Å². The van der Waals surface area contributed by atoms with E-state index in [1.807, 2.05) is 12.1 Å². The van der Waals surface area contributed by atoms with E-state index in [4.69, 9.17) is 4.42 Å². The third-order valence-corrected chi connectivity index (χ3v) is 10.7. The molecule has 0 bridgehead atoms. The molecule has 0 aliphatic rings. The summed E-state index contributed by atoms with van der Waals surface area (Å²) >= 11 is 0. The average Bonchev–Trinajstić information content (AvgIpc) is 3.66. The smallest absolute Gasteiger partial charge is 0.135 e. The van der Waals surface area contributed by atoms with Crippen LogP contribution in [0.4, 0.5) is 17.1 Å². The zero-order valence-electron chi connectivity index (χ0n) is 30.7. The van der Waals surface area contributed by atoms with Gasteiger partial charge in [-0.05, 0) is 92.5 Å². The molecule has 0 saturated heterocycles. The Hall–Kier alpha value is -7.42. The first-order valence-electron chi connectivity index (χ1n) is 19.1. The summed E-state index contributed by atoms with van der Waals surface area (Å²) in [6, 6.07) is 80.1. The number of benzene rings is 9. The Balaban J connectivity index is 1.13. The minimum Gasteiger partial charge on any atom is -0.456 e. The van der Waals surface area contributed by atoms with Crippen molar-refractivity contribution < 1.29 is 4.42 Å². The highest BCUT2D eigenvalue weighted by atomic mass is 16.3. The van der Waals surface area contributed by atoms with Crippen molar-refractivity contribution in [1.29, 1.82) is 0 Å². The standard InChI is InChI=1S/C54H37NO/c1-3-15-38(16-4-1)40-27-29-42(30-28-40)45-19-7-8-20-46(45)47-21-9-10-22-48(47)49-23-11-13-25-52(49)55(43-33-31-41(32-34-43)39-17-5-2-6-18-39)44-35-36-54-51(37-44)50-24-12-14-26-53(50)56-54/h1-37H. The monoisotopic (exact) mass is 715 g/mol. The lowest BCUT2D eigenvalue weighted by Gasteiger charge is -2.29. The topological polar surface area (TPSA) is 16.4 Å². The molecule has 0 radical (unpaired) electrons. The highest BCUT2D eigenvalue weighted by Crippen LogP contribution is 2.46. The first-order valence-corrected chi connectivity index (χ1v) is 19.1. The maximum absolute atomic E-state index is 6.28. The maximum Gasteiger partial charge on any atom is 0.135 e. The Kier molecular flexibility index (Phi) is 8.55. The van der Waals surface area contributed by atoms with Crippen LogP contribution in [0.15, 0.2) is 229 Å². The van der Waals surface area contributed by atoms with Crippen LogP contribution in [0.25, 0.3) is 77.6 Å². The lowest BCUT2D eigenvalue weighted by Crippen LogP contribution is -2.11. The molecule has 0 N–H and O–H groups in total. The van der Waals surface area contributed by atoms with Crippen molar-refractivity contribution in [3.05, 3.63) is 224 Å². The van der Waals surface area contributed by atoms with Gasteiger partial charge in [-0.1, -0.05) is 182 Å². The van der Waals surface area contributed by atoms with Crippen molar-refractivity contribution in [2.45, 2.75) is 0 Å². The van der Waals surface area contributed by atoms with E-state index in [1.54, 1.807) is 0 Å². The van der Waals surface area contributed by atoms with Crippen LogP contribution in [0.1, 0.15) is 0 Å². The van der Waals surface area contributed by atoms with Gasteiger partial charge in [-0.25, -0.2) is 0 Å². The van der Waals surface area contributed by atoms with Gasteiger partial charge in [-0.2, -0.15) is 0 Å². The zero-order valence-corrected chi connectivity index (χ0v) is 30.7. The number of nitrogens with zero attached hydrogens (tertiary/aromatic N) is 1. The minimum atomic E-state index is 0.876. The predicted molar refractivity (Wildman–Crippen MR) is 236 cm³/mol. The molecule has 2 heteroatoms. The van der Waals surface area contributed by atoms with Crippen LogP contribution in [0.2, 0.25) is 0 Å². The van der Waals surface area contributed by atoms with Gasteiger partial charge in [0.25, 0.3) is 0 Å². The van der Waals surface area contributed by atoms with Gasteiger partial charge in [0.05, 0.1) is 5.69 Å². The van der Waals surface area contributed by atoms with E-state index in [0.29, 0.717) is 0 Å². The number of hydrogen-bond acceptors (Lipinski definition) is 2. The van der Waals surface area contributed by atoms with Crippen LogP contribution >= 0.6 is 0 Å². The van der Waals surface area contributed by atoms with E-state index in [9.17, 15) is 0 Å². The summed E-state index contributed by atoms with van der Waals surface area (Å²) in [5, 5.41) is 2.20. The van der Waals surface area contributed by atoms with Gasteiger partial charge in [0, 0.05) is 27.7 Å². The molecule has 56 heavy (non-hydrogen) atoms. The Bertz CT molecular complexity index is 2940. The number of para-hydroxylation sites is 2. The third kappa shape index (κ3) is 6.14. The van der Waals surface area contributed by atoms with Crippen molar-refractivity contribution in [2.24, 2.45) is 0 Å². The molecule has 2 nitrogen and oxygen atoms in total. The summed E-state index contributed by atoms with van der Waals surface area (Å²) in [7, 11) is 0. The maximum atomic E-state index is 6.28. The second-order valence-corrected chi connectivity index (χ2v) is 14.1. The molecule has 0 fully saturated rings. The van der Waals surface area contributed by atoms with E-state index < -0.39 is 0 Å². The average molecular weight is 716 g/mol. The molecule has 0 amide bonds. The lowest BCUT2D eigenvalue weighted by atomic mass is 9.88. The fourth-order valence-electron chi connectivity index (χ4n) is 8.01. The summed E-state index contributed by atoms with van der Waals surface area (Å²) in [5.41, 5.74) is 16.8. The fraction of sp³-hybridized carbons (Fsp3) is 0. The normalized spacial score (nSPS) is 11.2. The van der Waals surface area contributed by atoms with Gasteiger partial charge in [0.2, 0.25) is 0 Å².